The second-order valence-corrected chi connectivity index (χ2v) is 6.50. The number of aromatic nitrogens is 1. The van der Waals surface area contributed by atoms with Gasteiger partial charge in [0.05, 0.1) is 24.1 Å². The van der Waals surface area contributed by atoms with Crippen molar-refractivity contribution >= 4 is 28.3 Å². The molecule has 0 bridgehead atoms. The summed E-state index contributed by atoms with van der Waals surface area (Å²) in [6, 6.07) is 7.11. The van der Waals surface area contributed by atoms with Crippen LogP contribution >= 0.6 is 11.3 Å². The van der Waals surface area contributed by atoms with Gasteiger partial charge in [0.1, 0.15) is 19.5 Å². The van der Waals surface area contributed by atoms with Crippen LogP contribution in [0.25, 0.3) is 11.3 Å². The third-order valence-electron chi connectivity index (χ3n) is 3.78. The smallest absolute Gasteiger partial charge is 0.254 e. The van der Waals surface area contributed by atoms with Crippen molar-refractivity contribution in [3.63, 3.8) is 0 Å². The average Bonchev–Trinajstić information content (AvgIpc) is 3.38. The highest BCUT2D eigenvalue weighted by Gasteiger charge is 2.15. The van der Waals surface area contributed by atoms with Gasteiger partial charge in [-0.3, -0.25) is 9.59 Å². The first kappa shape index (κ1) is 17.1. The van der Waals surface area contributed by atoms with Gasteiger partial charge in [-0.2, -0.15) is 0 Å². The predicted octanol–water partition coefficient (Wildman–Crippen LogP) is 2.54. The molecule has 4 rings (SSSR count). The first-order valence-corrected chi connectivity index (χ1v) is 9.03. The fraction of sp³-hybridized carbons (Fsp3) is 0.167. The van der Waals surface area contributed by atoms with Crippen molar-refractivity contribution in [1.29, 1.82) is 0 Å². The summed E-state index contributed by atoms with van der Waals surface area (Å²) in [4.78, 5) is 28.2. The van der Waals surface area contributed by atoms with E-state index in [2.05, 4.69) is 15.6 Å². The molecule has 0 fully saturated rings. The Labute approximate surface area is 158 Å². The first-order chi connectivity index (χ1) is 13.2. The van der Waals surface area contributed by atoms with E-state index in [1.54, 1.807) is 0 Å². The van der Waals surface area contributed by atoms with Gasteiger partial charge in [0.25, 0.3) is 5.91 Å². The molecule has 2 aromatic heterocycles. The van der Waals surface area contributed by atoms with Crippen LogP contribution in [-0.4, -0.2) is 36.6 Å². The zero-order valence-corrected chi connectivity index (χ0v) is 14.9. The number of amides is 2. The normalized spacial score (nSPS) is 12.4. The van der Waals surface area contributed by atoms with Crippen molar-refractivity contribution in [2.24, 2.45) is 0 Å². The van der Waals surface area contributed by atoms with Gasteiger partial charge < -0.3 is 24.5 Å². The molecule has 3 heterocycles. The lowest BCUT2D eigenvalue weighted by Gasteiger charge is -2.18. The molecule has 1 aliphatic heterocycles. The second-order valence-electron chi connectivity index (χ2n) is 5.64. The van der Waals surface area contributed by atoms with Crippen LogP contribution in [0.5, 0.6) is 11.5 Å². The molecule has 1 aliphatic rings. The highest BCUT2D eigenvalue weighted by Crippen LogP contribution is 2.35. The fourth-order valence-electron chi connectivity index (χ4n) is 2.49. The highest BCUT2D eigenvalue weighted by atomic mass is 32.1. The Morgan fingerprint density at radius 3 is 2.81 bits per heavy atom. The number of benzene rings is 1. The summed E-state index contributed by atoms with van der Waals surface area (Å²) in [6.07, 6.45) is 2.71. The van der Waals surface area contributed by atoms with Crippen LogP contribution in [0.2, 0.25) is 0 Å². The van der Waals surface area contributed by atoms with Gasteiger partial charge in [-0.25, -0.2) is 4.98 Å². The van der Waals surface area contributed by atoms with Gasteiger partial charge in [0.2, 0.25) is 5.91 Å². The number of furan rings is 1. The summed E-state index contributed by atoms with van der Waals surface area (Å²) in [6.45, 7) is 0.888. The molecule has 0 atom stereocenters. The van der Waals surface area contributed by atoms with Crippen LogP contribution < -0.4 is 20.1 Å². The SMILES string of the molecule is O=C(CNC(=O)c1ccoc1)Nc1nc(-c2ccc3c(c2)OCCO3)cs1. The maximum absolute atomic E-state index is 12.0. The number of hydrogen-bond acceptors (Lipinski definition) is 7. The molecule has 0 saturated carbocycles. The van der Waals surface area contributed by atoms with Crippen LogP contribution in [0.3, 0.4) is 0 Å². The molecular formula is C18H15N3O5S. The fourth-order valence-corrected chi connectivity index (χ4v) is 3.22. The third kappa shape index (κ3) is 3.93. The van der Waals surface area contributed by atoms with E-state index in [0.717, 1.165) is 11.3 Å². The third-order valence-corrected chi connectivity index (χ3v) is 4.54. The Morgan fingerprint density at radius 1 is 1.15 bits per heavy atom. The highest BCUT2D eigenvalue weighted by molar-refractivity contribution is 7.14. The van der Waals surface area contributed by atoms with Crippen LogP contribution in [0.15, 0.2) is 46.6 Å². The number of carbonyl (C=O) groups is 2. The molecule has 2 N–H and O–H groups in total. The predicted molar refractivity (Wildman–Crippen MR) is 98.2 cm³/mol. The summed E-state index contributed by atoms with van der Waals surface area (Å²) in [5.74, 6) is 0.645. The standard InChI is InChI=1S/C18H15N3O5S/c22-16(8-19-17(23)12-3-4-24-9-12)21-18-20-13(10-27-18)11-1-2-14-15(7-11)26-6-5-25-14/h1-4,7,9-10H,5-6,8H2,(H,19,23)(H,20,21,22). The Hall–Kier alpha value is -3.33. The zero-order chi connectivity index (χ0) is 18.6. The summed E-state index contributed by atoms with van der Waals surface area (Å²) in [5, 5.41) is 7.47. The van der Waals surface area contributed by atoms with Gasteiger partial charge in [-0.1, -0.05) is 0 Å². The molecule has 0 saturated heterocycles. The minimum absolute atomic E-state index is 0.164. The van der Waals surface area contributed by atoms with Crippen molar-refractivity contribution in [2.75, 3.05) is 25.1 Å². The Kier molecular flexibility index (Phi) is 4.75. The Morgan fingerprint density at radius 2 is 2.00 bits per heavy atom. The summed E-state index contributed by atoms with van der Waals surface area (Å²) in [7, 11) is 0. The quantitative estimate of drug-likeness (QED) is 0.700. The number of anilines is 1. The Balaban J connectivity index is 1.36. The second kappa shape index (κ2) is 7.50. The van der Waals surface area contributed by atoms with E-state index in [9.17, 15) is 9.59 Å². The summed E-state index contributed by atoms with van der Waals surface area (Å²) in [5.41, 5.74) is 1.94. The van der Waals surface area contributed by atoms with Crippen molar-refractivity contribution in [3.8, 4) is 22.8 Å². The van der Waals surface area contributed by atoms with Gasteiger partial charge in [0.15, 0.2) is 16.6 Å². The van der Waals surface area contributed by atoms with E-state index < -0.39 is 0 Å². The molecule has 27 heavy (non-hydrogen) atoms. The number of carbonyl (C=O) groups excluding carboxylic acids is 2. The lowest BCUT2D eigenvalue weighted by molar-refractivity contribution is -0.115. The monoisotopic (exact) mass is 385 g/mol. The van der Waals surface area contributed by atoms with Gasteiger partial charge >= 0.3 is 0 Å². The number of nitrogens with one attached hydrogen (secondary N) is 2. The van der Waals surface area contributed by atoms with Crippen LogP contribution in [-0.2, 0) is 4.79 Å². The molecule has 0 radical (unpaired) electrons. The number of nitrogens with zero attached hydrogens (tertiary/aromatic N) is 1. The molecule has 9 heteroatoms. The van der Waals surface area contributed by atoms with Crippen molar-refractivity contribution in [2.45, 2.75) is 0 Å². The minimum Gasteiger partial charge on any atom is -0.486 e. The number of thiazole rings is 1. The molecule has 0 aliphatic carbocycles. The molecule has 3 aromatic rings. The molecule has 2 amide bonds. The first-order valence-electron chi connectivity index (χ1n) is 8.15. The number of rotatable bonds is 5. The van der Waals surface area contributed by atoms with Crippen molar-refractivity contribution in [1.82, 2.24) is 10.3 Å². The molecule has 0 unspecified atom stereocenters. The van der Waals surface area contributed by atoms with E-state index >= 15 is 0 Å². The maximum atomic E-state index is 12.0. The number of fused-ring (bicyclic) bond motifs is 1. The topological polar surface area (TPSA) is 103 Å². The maximum Gasteiger partial charge on any atom is 0.254 e. The average molecular weight is 385 g/mol. The van der Waals surface area contributed by atoms with Crippen LogP contribution in [0.1, 0.15) is 10.4 Å². The summed E-state index contributed by atoms with van der Waals surface area (Å²) >= 11 is 1.30. The van der Waals surface area contributed by atoms with E-state index in [0.29, 0.717) is 35.4 Å². The van der Waals surface area contributed by atoms with E-state index in [1.165, 1.54) is 29.9 Å². The molecule has 138 valence electrons. The van der Waals surface area contributed by atoms with Crippen molar-refractivity contribution < 1.29 is 23.5 Å². The lowest BCUT2D eigenvalue weighted by Crippen LogP contribution is -2.32. The van der Waals surface area contributed by atoms with Gasteiger partial charge in [-0.15, -0.1) is 11.3 Å². The van der Waals surface area contributed by atoms with Crippen LogP contribution in [0.4, 0.5) is 5.13 Å². The van der Waals surface area contributed by atoms with E-state index in [-0.39, 0.29) is 18.4 Å². The van der Waals surface area contributed by atoms with E-state index in [1.807, 2.05) is 23.6 Å². The van der Waals surface area contributed by atoms with Gasteiger partial charge in [-0.05, 0) is 24.3 Å². The van der Waals surface area contributed by atoms with Crippen LogP contribution in [0, 0.1) is 0 Å². The molecule has 1 aromatic carbocycles. The number of hydrogen-bond donors (Lipinski definition) is 2. The van der Waals surface area contributed by atoms with Crippen molar-refractivity contribution in [3.05, 3.63) is 47.7 Å². The number of ether oxygens (including phenoxy) is 2. The Bertz CT molecular complexity index is 967. The van der Waals surface area contributed by atoms with E-state index in [4.69, 9.17) is 13.9 Å². The molecular weight excluding hydrogens is 370 g/mol. The van der Waals surface area contributed by atoms with Gasteiger partial charge in [0, 0.05) is 10.9 Å². The molecule has 0 spiro atoms. The summed E-state index contributed by atoms with van der Waals surface area (Å²) < 4.78 is 15.9. The largest absolute Gasteiger partial charge is 0.486 e. The lowest BCUT2D eigenvalue weighted by atomic mass is 10.1. The zero-order valence-electron chi connectivity index (χ0n) is 14.1. The minimum atomic E-state index is -0.380. The molecule has 8 nitrogen and oxygen atoms in total.